The molecule has 0 fully saturated rings. The fourth-order valence-electron chi connectivity index (χ4n) is 0.682. The summed E-state index contributed by atoms with van der Waals surface area (Å²) < 4.78 is 0. The molecule has 0 amide bonds. The maximum atomic E-state index is 10.1. The van der Waals surface area contributed by atoms with Crippen molar-refractivity contribution in [3.05, 3.63) is 10.1 Å². The van der Waals surface area contributed by atoms with Gasteiger partial charge in [0.15, 0.2) is 0 Å². The molecule has 1 N–H and O–H groups in total. The summed E-state index contributed by atoms with van der Waals surface area (Å²) in [7, 11) is 0. The van der Waals surface area contributed by atoms with Crippen LogP contribution in [0, 0.1) is 16.0 Å². The largest absolute Gasteiger partial charge is 0.386 e. The van der Waals surface area contributed by atoms with E-state index in [2.05, 4.69) is 0 Å². The van der Waals surface area contributed by atoms with Gasteiger partial charge in [-0.3, -0.25) is 10.1 Å². The molecule has 0 aliphatic rings. The van der Waals surface area contributed by atoms with Crippen LogP contribution in [0.5, 0.6) is 0 Å². The smallest absolute Gasteiger partial charge is 0.236 e. The van der Waals surface area contributed by atoms with Gasteiger partial charge in [0, 0.05) is 11.8 Å². The van der Waals surface area contributed by atoms with Crippen molar-refractivity contribution in [2.45, 2.75) is 32.9 Å². The topological polar surface area (TPSA) is 63.4 Å². The molecule has 0 heterocycles. The standard InChI is InChI=1S/C6H13NO3/c1-4(2)6(8)5(3)7(9)10/h4-6,8H,1-3H3. The summed E-state index contributed by atoms with van der Waals surface area (Å²) in [6.45, 7) is 4.92. The van der Waals surface area contributed by atoms with E-state index < -0.39 is 17.1 Å². The zero-order chi connectivity index (χ0) is 8.31. The van der Waals surface area contributed by atoms with Crippen LogP contribution in [0.25, 0.3) is 0 Å². The van der Waals surface area contributed by atoms with Crippen molar-refractivity contribution in [1.82, 2.24) is 0 Å². The minimum absolute atomic E-state index is 0.0552. The first kappa shape index (κ1) is 9.36. The summed E-state index contributed by atoms with van der Waals surface area (Å²) in [5, 5.41) is 19.2. The summed E-state index contributed by atoms with van der Waals surface area (Å²) in [6.07, 6.45) is -0.838. The Labute approximate surface area is 60.0 Å². The van der Waals surface area contributed by atoms with Crippen molar-refractivity contribution in [1.29, 1.82) is 0 Å². The van der Waals surface area contributed by atoms with E-state index in [-0.39, 0.29) is 5.92 Å². The predicted octanol–water partition coefficient (Wildman–Crippen LogP) is 0.668. The molecule has 0 rings (SSSR count). The van der Waals surface area contributed by atoms with Crippen molar-refractivity contribution in [3.8, 4) is 0 Å². The number of hydrogen-bond donors (Lipinski definition) is 1. The van der Waals surface area contributed by atoms with Gasteiger partial charge in [0.05, 0.1) is 0 Å². The van der Waals surface area contributed by atoms with Crippen molar-refractivity contribution in [2.24, 2.45) is 5.92 Å². The molecule has 4 nitrogen and oxygen atoms in total. The van der Waals surface area contributed by atoms with E-state index in [4.69, 9.17) is 5.11 Å². The minimum atomic E-state index is -0.861. The van der Waals surface area contributed by atoms with Crippen LogP contribution >= 0.6 is 0 Å². The number of aliphatic hydroxyl groups excluding tert-OH is 1. The lowest BCUT2D eigenvalue weighted by atomic mass is 10.0. The molecule has 2 atom stereocenters. The molecule has 0 aromatic rings. The minimum Gasteiger partial charge on any atom is -0.386 e. The first-order valence-electron chi connectivity index (χ1n) is 3.28. The molecule has 0 saturated heterocycles. The summed E-state index contributed by atoms with van der Waals surface area (Å²) in [5.74, 6) is -0.0552. The number of nitro groups is 1. The van der Waals surface area contributed by atoms with E-state index in [0.717, 1.165) is 0 Å². The molecule has 2 unspecified atom stereocenters. The van der Waals surface area contributed by atoms with Crippen LogP contribution in [0.3, 0.4) is 0 Å². The zero-order valence-electron chi connectivity index (χ0n) is 6.44. The molecule has 0 spiro atoms. The molecule has 60 valence electrons. The summed E-state index contributed by atoms with van der Waals surface area (Å²) in [6, 6.07) is -0.861. The molecule has 0 aromatic heterocycles. The summed E-state index contributed by atoms with van der Waals surface area (Å²) in [5.41, 5.74) is 0. The molecule has 0 aliphatic heterocycles. The Morgan fingerprint density at radius 3 is 1.90 bits per heavy atom. The van der Waals surface area contributed by atoms with E-state index in [1.54, 1.807) is 13.8 Å². The van der Waals surface area contributed by atoms with Gasteiger partial charge in [0.25, 0.3) is 0 Å². The lowest BCUT2D eigenvalue weighted by molar-refractivity contribution is -0.531. The van der Waals surface area contributed by atoms with E-state index in [1.165, 1.54) is 6.92 Å². The molecular formula is C6H13NO3. The van der Waals surface area contributed by atoms with Gasteiger partial charge in [-0.1, -0.05) is 13.8 Å². The molecule has 10 heavy (non-hydrogen) atoms. The van der Waals surface area contributed by atoms with Crippen molar-refractivity contribution < 1.29 is 10.0 Å². The van der Waals surface area contributed by atoms with E-state index in [9.17, 15) is 10.1 Å². The van der Waals surface area contributed by atoms with Crippen LogP contribution in [-0.2, 0) is 0 Å². The maximum Gasteiger partial charge on any atom is 0.236 e. The highest BCUT2D eigenvalue weighted by Gasteiger charge is 2.26. The molecule has 4 heteroatoms. The van der Waals surface area contributed by atoms with Gasteiger partial charge in [-0.2, -0.15) is 0 Å². The summed E-state index contributed by atoms with van der Waals surface area (Å²) >= 11 is 0. The van der Waals surface area contributed by atoms with Gasteiger partial charge >= 0.3 is 0 Å². The first-order chi connectivity index (χ1) is 4.46. The average Bonchev–Trinajstić information content (AvgIpc) is 1.84. The second kappa shape index (κ2) is 3.51. The van der Waals surface area contributed by atoms with Crippen molar-refractivity contribution in [2.75, 3.05) is 0 Å². The van der Waals surface area contributed by atoms with E-state index in [0.29, 0.717) is 0 Å². The van der Waals surface area contributed by atoms with E-state index >= 15 is 0 Å². The van der Waals surface area contributed by atoms with Crippen LogP contribution in [0.1, 0.15) is 20.8 Å². The quantitative estimate of drug-likeness (QED) is 0.471. The Morgan fingerprint density at radius 2 is 1.80 bits per heavy atom. The van der Waals surface area contributed by atoms with Gasteiger partial charge in [0.2, 0.25) is 6.04 Å². The maximum absolute atomic E-state index is 10.1. The molecule has 0 saturated carbocycles. The normalized spacial score (nSPS) is 16.9. The van der Waals surface area contributed by atoms with Gasteiger partial charge < -0.3 is 5.11 Å². The number of hydrogen-bond acceptors (Lipinski definition) is 3. The van der Waals surface area contributed by atoms with Crippen molar-refractivity contribution >= 4 is 0 Å². The fourth-order valence-corrected chi connectivity index (χ4v) is 0.682. The van der Waals surface area contributed by atoms with Gasteiger partial charge in [0.1, 0.15) is 6.10 Å². The molecule has 0 bridgehead atoms. The highest BCUT2D eigenvalue weighted by molar-refractivity contribution is 4.65. The Hall–Kier alpha value is -0.640. The van der Waals surface area contributed by atoms with Gasteiger partial charge in [-0.15, -0.1) is 0 Å². The third kappa shape index (κ3) is 2.31. The Balaban J connectivity index is 3.94. The third-order valence-electron chi connectivity index (χ3n) is 1.51. The highest BCUT2D eigenvalue weighted by Crippen LogP contribution is 2.07. The third-order valence-corrected chi connectivity index (χ3v) is 1.51. The lowest BCUT2D eigenvalue weighted by Gasteiger charge is -2.14. The number of aliphatic hydroxyl groups is 1. The molecule has 0 aromatic carbocycles. The first-order valence-corrected chi connectivity index (χ1v) is 3.28. The fraction of sp³-hybridized carbons (Fsp3) is 1.00. The monoisotopic (exact) mass is 147 g/mol. The van der Waals surface area contributed by atoms with Crippen molar-refractivity contribution in [3.63, 3.8) is 0 Å². The van der Waals surface area contributed by atoms with Crippen LogP contribution in [0.15, 0.2) is 0 Å². The van der Waals surface area contributed by atoms with Crippen LogP contribution in [0.2, 0.25) is 0 Å². The predicted molar refractivity (Wildman–Crippen MR) is 37.3 cm³/mol. The Morgan fingerprint density at radius 1 is 1.40 bits per heavy atom. The molecular weight excluding hydrogens is 134 g/mol. The lowest BCUT2D eigenvalue weighted by Crippen LogP contribution is -2.34. The van der Waals surface area contributed by atoms with Crippen LogP contribution in [0.4, 0.5) is 0 Å². The van der Waals surface area contributed by atoms with Crippen LogP contribution in [-0.4, -0.2) is 22.2 Å². The molecule has 0 aliphatic carbocycles. The van der Waals surface area contributed by atoms with E-state index in [1.807, 2.05) is 0 Å². The zero-order valence-corrected chi connectivity index (χ0v) is 6.44. The van der Waals surface area contributed by atoms with Gasteiger partial charge in [-0.25, -0.2) is 0 Å². The molecule has 0 radical (unpaired) electrons. The van der Waals surface area contributed by atoms with Gasteiger partial charge in [-0.05, 0) is 5.92 Å². The summed E-state index contributed by atoms with van der Waals surface area (Å²) in [4.78, 5) is 9.62. The Kier molecular flexibility index (Phi) is 3.28. The number of rotatable bonds is 3. The Bertz CT molecular complexity index is 124. The second-order valence-electron chi connectivity index (χ2n) is 2.76. The second-order valence-corrected chi connectivity index (χ2v) is 2.76. The van der Waals surface area contributed by atoms with Crippen LogP contribution < -0.4 is 0 Å². The number of nitrogens with zero attached hydrogens (tertiary/aromatic N) is 1. The highest BCUT2D eigenvalue weighted by atomic mass is 16.6. The average molecular weight is 147 g/mol. The SMILES string of the molecule is CC(C)C(O)C(C)[N+](=O)[O-].